The number of rotatable bonds is 1. The molecule has 2 aromatic carbocycles. The summed E-state index contributed by atoms with van der Waals surface area (Å²) in [5, 5.41) is 13.1. The quantitative estimate of drug-likeness (QED) is 0.314. The van der Waals surface area contributed by atoms with Crippen LogP contribution < -0.4 is 0 Å². The van der Waals surface area contributed by atoms with Crippen molar-refractivity contribution in [2.24, 2.45) is 12.2 Å². The van der Waals surface area contributed by atoms with E-state index in [4.69, 9.17) is 5.21 Å². The topological polar surface area (TPSA) is 37.5 Å². The van der Waals surface area contributed by atoms with Crippen molar-refractivity contribution in [1.29, 1.82) is 0 Å². The van der Waals surface area contributed by atoms with Gasteiger partial charge in [0.05, 0.1) is 6.21 Å². The molecule has 0 saturated carbocycles. The maximum absolute atomic E-state index is 8.91. The lowest BCUT2D eigenvalue weighted by atomic mass is 10.1. The van der Waals surface area contributed by atoms with Gasteiger partial charge in [-0.1, -0.05) is 47.5 Å². The lowest BCUT2D eigenvalue weighted by Crippen LogP contribution is -1.94. The first-order chi connectivity index (χ1) is 10.3. The Bertz CT molecular complexity index is 865. The van der Waals surface area contributed by atoms with Crippen molar-refractivity contribution in [3.63, 3.8) is 0 Å². The minimum absolute atomic E-state index is 0.831. The van der Waals surface area contributed by atoms with Gasteiger partial charge in [0.25, 0.3) is 0 Å². The first-order valence-electron chi connectivity index (χ1n) is 6.63. The van der Waals surface area contributed by atoms with E-state index >= 15 is 0 Å². The van der Waals surface area contributed by atoms with Crippen LogP contribution >= 0.6 is 0 Å². The normalized spacial score (nSPS) is 10.7. The summed E-state index contributed by atoms with van der Waals surface area (Å²) in [6.07, 6.45) is 1.44. The molecule has 0 amide bonds. The minimum Gasteiger partial charge on any atom is -0.411 e. The smallest absolute Gasteiger partial charge is 0.102 e. The second-order valence-corrected chi connectivity index (χ2v) is 4.70. The fraction of sp³-hybridized carbons (Fsp3) is 0.0556. The van der Waals surface area contributed by atoms with E-state index in [1.807, 2.05) is 66.2 Å². The van der Waals surface area contributed by atoms with Gasteiger partial charge in [-0.15, -0.1) is 0 Å². The molecule has 3 nitrogen and oxygen atoms in total. The lowest BCUT2D eigenvalue weighted by molar-refractivity contribution is 0.322. The molecule has 0 aliphatic carbocycles. The molecule has 1 aromatic heterocycles. The van der Waals surface area contributed by atoms with Gasteiger partial charge in [-0.25, -0.2) is 0 Å². The molecule has 102 valence electrons. The van der Waals surface area contributed by atoms with Crippen LogP contribution in [-0.4, -0.2) is 16.0 Å². The zero-order valence-electron chi connectivity index (χ0n) is 11.6. The highest BCUT2D eigenvalue weighted by Gasteiger charge is 2.11. The van der Waals surface area contributed by atoms with E-state index in [0.717, 1.165) is 27.7 Å². The van der Waals surface area contributed by atoms with Crippen molar-refractivity contribution in [2.75, 3.05) is 0 Å². The average Bonchev–Trinajstić information content (AvgIpc) is 2.80. The molecule has 3 heteroatoms. The van der Waals surface area contributed by atoms with Crippen LogP contribution in [-0.2, 0) is 7.05 Å². The zero-order chi connectivity index (χ0) is 14.7. The third-order valence-corrected chi connectivity index (χ3v) is 3.43. The molecule has 0 fully saturated rings. The van der Waals surface area contributed by atoms with Gasteiger partial charge >= 0.3 is 0 Å². The summed E-state index contributed by atoms with van der Waals surface area (Å²) in [6.45, 7) is 0. The average molecular weight is 274 g/mol. The molecule has 0 bridgehead atoms. The Morgan fingerprint density at radius 1 is 1.00 bits per heavy atom. The summed E-state index contributed by atoms with van der Waals surface area (Å²) >= 11 is 0. The molecule has 0 aliphatic rings. The maximum atomic E-state index is 8.91. The molecule has 0 spiro atoms. The lowest BCUT2D eigenvalue weighted by Gasteiger charge is -1.97. The molecule has 1 heterocycles. The van der Waals surface area contributed by atoms with Crippen molar-refractivity contribution in [1.82, 2.24) is 4.57 Å². The van der Waals surface area contributed by atoms with Crippen LogP contribution in [0.5, 0.6) is 0 Å². The number of hydrogen-bond acceptors (Lipinski definition) is 2. The molecule has 1 N–H and O–H groups in total. The molecule has 0 atom stereocenters. The first kappa shape index (κ1) is 13.0. The van der Waals surface area contributed by atoms with E-state index in [1.165, 1.54) is 6.21 Å². The van der Waals surface area contributed by atoms with Gasteiger partial charge < -0.3 is 9.77 Å². The number of oxime groups is 1. The van der Waals surface area contributed by atoms with Crippen molar-refractivity contribution in [3.8, 4) is 11.8 Å². The summed E-state index contributed by atoms with van der Waals surface area (Å²) in [5.41, 5.74) is 3.68. The van der Waals surface area contributed by atoms with Crippen LogP contribution in [0.2, 0.25) is 0 Å². The molecular formula is C18H14N2O. The Morgan fingerprint density at radius 3 is 2.48 bits per heavy atom. The highest BCUT2D eigenvalue weighted by molar-refractivity contribution is 6.02. The summed E-state index contributed by atoms with van der Waals surface area (Å²) in [7, 11) is 1.96. The van der Waals surface area contributed by atoms with Crippen molar-refractivity contribution >= 4 is 17.1 Å². The number of hydrogen-bond donors (Lipinski definition) is 1. The summed E-state index contributed by atoms with van der Waals surface area (Å²) in [6, 6.07) is 17.8. The summed E-state index contributed by atoms with van der Waals surface area (Å²) < 4.78 is 2.02. The molecular weight excluding hydrogens is 260 g/mol. The SMILES string of the molecule is Cn1c(C#Cc2ccccc2)c(/C=N\O)c2ccccc21. The van der Waals surface area contributed by atoms with Crippen LogP contribution in [0.4, 0.5) is 0 Å². The predicted molar refractivity (Wildman–Crippen MR) is 84.7 cm³/mol. The molecule has 21 heavy (non-hydrogen) atoms. The highest BCUT2D eigenvalue weighted by atomic mass is 16.4. The van der Waals surface area contributed by atoms with E-state index in [0.29, 0.717) is 0 Å². The fourth-order valence-electron chi connectivity index (χ4n) is 2.42. The number of benzene rings is 2. The molecule has 0 aliphatic heterocycles. The third kappa shape index (κ3) is 2.39. The van der Waals surface area contributed by atoms with E-state index in [2.05, 4.69) is 17.0 Å². The van der Waals surface area contributed by atoms with Gasteiger partial charge in [0.15, 0.2) is 0 Å². The van der Waals surface area contributed by atoms with Crippen LogP contribution in [0.25, 0.3) is 10.9 Å². The van der Waals surface area contributed by atoms with Crippen LogP contribution in [0, 0.1) is 11.8 Å². The summed E-state index contributed by atoms with van der Waals surface area (Å²) in [4.78, 5) is 0. The number of fused-ring (bicyclic) bond motifs is 1. The van der Waals surface area contributed by atoms with Gasteiger partial charge in [0.2, 0.25) is 0 Å². The Kier molecular flexibility index (Phi) is 3.44. The Labute approximate surface area is 123 Å². The van der Waals surface area contributed by atoms with Crippen LogP contribution in [0.3, 0.4) is 0 Å². The third-order valence-electron chi connectivity index (χ3n) is 3.43. The minimum atomic E-state index is 0.831. The van der Waals surface area contributed by atoms with Crippen molar-refractivity contribution < 1.29 is 5.21 Å². The van der Waals surface area contributed by atoms with Crippen LogP contribution in [0.15, 0.2) is 59.8 Å². The monoisotopic (exact) mass is 274 g/mol. The second kappa shape index (κ2) is 5.56. The number of para-hydroxylation sites is 1. The second-order valence-electron chi connectivity index (χ2n) is 4.70. The molecule has 3 rings (SSSR count). The van der Waals surface area contributed by atoms with E-state index in [1.54, 1.807) is 0 Å². The van der Waals surface area contributed by atoms with Gasteiger partial charge in [0, 0.05) is 29.1 Å². The van der Waals surface area contributed by atoms with Crippen molar-refractivity contribution in [3.05, 3.63) is 71.4 Å². The Hall–Kier alpha value is -2.99. The number of aryl methyl sites for hydroxylation is 1. The fourth-order valence-corrected chi connectivity index (χ4v) is 2.42. The maximum Gasteiger partial charge on any atom is 0.102 e. The molecule has 0 radical (unpaired) electrons. The Balaban J connectivity index is 2.21. The zero-order valence-corrected chi connectivity index (χ0v) is 11.6. The number of aromatic nitrogens is 1. The van der Waals surface area contributed by atoms with Gasteiger partial charge in [-0.2, -0.15) is 0 Å². The van der Waals surface area contributed by atoms with E-state index in [-0.39, 0.29) is 0 Å². The first-order valence-corrected chi connectivity index (χ1v) is 6.63. The molecule has 3 aromatic rings. The largest absolute Gasteiger partial charge is 0.411 e. The van der Waals surface area contributed by atoms with Gasteiger partial charge in [0.1, 0.15) is 5.69 Å². The Morgan fingerprint density at radius 2 is 1.71 bits per heavy atom. The highest BCUT2D eigenvalue weighted by Crippen LogP contribution is 2.23. The molecule has 0 saturated heterocycles. The van der Waals surface area contributed by atoms with Gasteiger partial charge in [-0.3, -0.25) is 0 Å². The van der Waals surface area contributed by atoms with Crippen molar-refractivity contribution in [2.45, 2.75) is 0 Å². The number of nitrogens with zero attached hydrogens (tertiary/aromatic N) is 2. The standard InChI is InChI=1S/C18H14N2O/c1-20-17-10-6-5-9-15(17)16(13-19-21)18(20)12-11-14-7-3-2-4-8-14/h2-10,13,21H,1H3/b19-13-. The van der Waals surface area contributed by atoms with Crippen LogP contribution in [0.1, 0.15) is 16.8 Å². The van der Waals surface area contributed by atoms with Gasteiger partial charge in [-0.05, 0) is 24.1 Å². The van der Waals surface area contributed by atoms with E-state index in [9.17, 15) is 0 Å². The van der Waals surface area contributed by atoms with E-state index < -0.39 is 0 Å². The summed E-state index contributed by atoms with van der Waals surface area (Å²) in [5.74, 6) is 6.33. The predicted octanol–water partition coefficient (Wildman–Crippen LogP) is 3.39. The molecule has 0 unspecified atom stereocenters.